The van der Waals surface area contributed by atoms with Crippen LogP contribution in [0.25, 0.3) is 22.4 Å². The zero-order valence-electron chi connectivity index (χ0n) is 16.2. The molecule has 3 heterocycles. The van der Waals surface area contributed by atoms with Crippen molar-refractivity contribution in [2.45, 2.75) is 25.3 Å². The fourth-order valence-electron chi connectivity index (χ4n) is 4.12. The van der Waals surface area contributed by atoms with Crippen molar-refractivity contribution in [2.75, 3.05) is 13.1 Å². The Bertz CT molecular complexity index is 1100. The average molecular weight is 385 g/mol. The van der Waals surface area contributed by atoms with Crippen LogP contribution in [-0.2, 0) is 11.3 Å². The highest BCUT2D eigenvalue weighted by molar-refractivity contribution is 5.77. The van der Waals surface area contributed by atoms with E-state index in [0.717, 1.165) is 47.6 Å². The van der Waals surface area contributed by atoms with Crippen LogP contribution in [0.5, 0.6) is 0 Å². The van der Waals surface area contributed by atoms with Gasteiger partial charge in [0.25, 0.3) is 0 Å². The van der Waals surface area contributed by atoms with Gasteiger partial charge in [-0.3, -0.25) is 4.79 Å². The first-order valence-corrected chi connectivity index (χ1v) is 10.1. The molecule has 0 spiro atoms. The molecule has 1 aliphatic heterocycles. The second-order valence-electron chi connectivity index (χ2n) is 7.56. The number of para-hydroxylation sites is 2. The molecule has 5 rings (SSSR count). The maximum absolute atomic E-state index is 13.0. The van der Waals surface area contributed by atoms with Crippen molar-refractivity contribution >= 4 is 16.9 Å². The lowest BCUT2D eigenvalue weighted by Crippen LogP contribution is -2.41. The highest BCUT2D eigenvalue weighted by Gasteiger charge is 2.27. The Balaban J connectivity index is 1.31. The van der Waals surface area contributed by atoms with Gasteiger partial charge < -0.3 is 14.5 Å². The third kappa shape index (κ3) is 3.53. The number of nitrogens with zero attached hydrogens (tertiary/aromatic N) is 4. The van der Waals surface area contributed by atoms with Crippen molar-refractivity contribution < 1.29 is 4.79 Å². The van der Waals surface area contributed by atoms with Gasteiger partial charge in [0.05, 0.1) is 11.0 Å². The van der Waals surface area contributed by atoms with Gasteiger partial charge in [0, 0.05) is 37.0 Å². The number of fused-ring (bicyclic) bond motifs is 1. The standard InChI is InChI=1S/C23H23N5O/c29-21(16-28-14-12-24-23(28)17-7-2-1-3-8-17)27-13-6-9-18(15-27)22-25-19-10-4-5-11-20(19)26-22/h1-5,7-8,10-12,14,18H,6,9,13,15-16H2,(H,25,26)/t18-/m0/s1. The van der Waals surface area contributed by atoms with Crippen molar-refractivity contribution in [3.8, 4) is 11.4 Å². The number of amides is 1. The van der Waals surface area contributed by atoms with E-state index in [2.05, 4.69) is 9.97 Å². The lowest BCUT2D eigenvalue weighted by molar-refractivity contribution is -0.133. The van der Waals surface area contributed by atoms with E-state index in [0.29, 0.717) is 13.1 Å². The predicted octanol–water partition coefficient (Wildman–Crippen LogP) is 3.83. The van der Waals surface area contributed by atoms with Crippen LogP contribution in [0, 0.1) is 0 Å². The van der Waals surface area contributed by atoms with Crippen molar-refractivity contribution in [2.24, 2.45) is 0 Å². The number of aromatic nitrogens is 4. The zero-order valence-corrected chi connectivity index (χ0v) is 16.2. The molecular formula is C23H23N5O. The van der Waals surface area contributed by atoms with E-state index in [9.17, 15) is 4.79 Å². The van der Waals surface area contributed by atoms with E-state index in [1.165, 1.54) is 0 Å². The Morgan fingerprint density at radius 1 is 1.10 bits per heavy atom. The smallest absolute Gasteiger partial charge is 0.242 e. The molecule has 6 nitrogen and oxygen atoms in total. The van der Waals surface area contributed by atoms with Gasteiger partial charge in [0.15, 0.2) is 0 Å². The summed E-state index contributed by atoms with van der Waals surface area (Å²) in [5.74, 6) is 2.18. The van der Waals surface area contributed by atoms with E-state index >= 15 is 0 Å². The number of nitrogens with one attached hydrogen (secondary N) is 1. The topological polar surface area (TPSA) is 66.8 Å². The van der Waals surface area contributed by atoms with Gasteiger partial charge in [-0.05, 0) is 25.0 Å². The molecule has 0 bridgehead atoms. The number of carbonyl (C=O) groups excluding carboxylic acids is 1. The lowest BCUT2D eigenvalue weighted by atomic mass is 9.97. The fourth-order valence-corrected chi connectivity index (χ4v) is 4.12. The summed E-state index contributed by atoms with van der Waals surface area (Å²) in [5.41, 5.74) is 3.05. The first-order chi connectivity index (χ1) is 14.3. The number of imidazole rings is 2. The molecular weight excluding hydrogens is 362 g/mol. The number of piperidine rings is 1. The van der Waals surface area contributed by atoms with Gasteiger partial charge in [-0.25, -0.2) is 9.97 Å². The lowest BCUT2D eigenvalue weighted by Gasteiger charge is -2.32. The maximum Gasteiger partial charge on any atom is 0.242 e. The first-order valence-electron chi connectivity index (χ1n) is 10.1. The summed E-state index contributed by atoms with van der Waals surface area (Å²) in [7, 11) is 0. The number of H-pyrrole nitrogens is 1. The minimum absolute atomic E-state index is 0.126. The van der Waals surface area contributed by atoms with Crippen molar-refractivity contribution in [3.63, 3.8) is 0 Å². The predicted molar refractivity (Wildman–Crippen MR) is 112 cm³/mol. The second-order valence-corrected chi connectivity index (χ2v) is 7.56. The quantitative estimate of drug-likeness (QED) is 0.580. The molecule has 0 radical (unpaired) electrons. The largest absolute Gasteiger partial charge is 0.342 e. The summed E-state index contributed by atoms with van der Waals surface area (Å²) in [4.78, 5) is 27.6. The third-order valence-corrected chi connectivity index (χ3v) is 5.62. The summed E-state index contributed by atoms with van der Waals surface area (Å²) in [5, 5.41) is 0. The zero-order chi connectivity index (χ0) is 19.6. The monoisotopic (exact) mass is 385 g/mol. The first kappa shape index (κ1) is 17.7. The molecule has 1 atom stereocenters. The summed E-state index contributed by atoms with van der Waals surface area (Å²) >= 11 is 0. The fraction of sp³-hybridized carbons (Fsp3) is 0.261. The molecule has 1 fully saturated rings. The van der Waals surface area contributed by atoms with Gasteiger partial charge in [0.1, 0.15) is 18.2 Å². The molecule has 4 aromatic rings. The minimum atomic E-state index is 0.126. The highest BCUT2D eigenvalue weighted by Crippen LogP contribution is 2.27. The number of likely N-dealkylation sites (tertiary alicyclic amines) is 1. The molecule has 1 saturated heterocycles. The molecule has 2 aromatic carbocycles. The SMILES string of the molecule is O=C(Cn1ccnc1-c1ccccc1)N1CCC[C@H](c2nc3ccccc3[nH]2)C1. The van der Waals surface area contributed by atoms with Crippen molar-refractivity contribution in [3.05, 3.63) is 72.8 Å². The van der Waals surface area contributed by atoms with Gasteiger partial charge in [-0.1, -0.05) is 42.5 Å². The van der Waals surface area contributed by atoms with Crippen molar-refractivity contribution in [1.29, 1.82) is 0 Å². The van der Waals surface area contributed by atoms with E-state index in [1.54, 1.807) is 6.20 Å². The Morgan fingerprint density at radius 3 is 2.79 bits per heavy atom. The Morgan fingerprint density at radius 2 is 1.93 bits per heavy atom. The van der Waals surface area contributed by atoms with Crippen LogP contribution in [0.4, 0.5) is 0 Å². The van der Waals surface area contributed by atoms with Crippen LogP contribution < -0.4 is 0 Å². The van der Waals surface area contributed by atoms with E-state index < -0.39 is 0 Å². The molecule has 146 valence electrons. The Labute approximate surface area is 169 Å². The average Bonchev–Trinajstić information content (AvgIpc) is 3.41. The van der Waals surface area contributed by atoms with Crippen molar-refractivity contribution in [1.82, 2.24) is 24.4 Å². The van der Waals surface area contributed by atoms with Crippen LogP contribution in [-0.4, -0.2) is 43.4 Å². The molecule has 0 aliphatic carbocycles. The minimum Gasteiger partial charge on any atom is -0.342 e. The van der Waals surface area contributed by atoms with Crippen LogP contribution in [0.15, 0.2) is 67.0 Å². The summed E-state index contributed by atoms with van der Waals surface area (Å²) in [6.45, 7) is 1.80. The normalized spacial score (nSPS) is 17.0. The molecule has 1 amide bonds. The number of benzene rings is 2. The Hall–Kier alpha value is -3.41. The second kappa shape index (κ2) is 7.54. The van der Waals surface area contributed by atoms with Crippen LogP contribution in [0.2, 0.25) is 0 Å². The Kier molecular flexibility index (Phi) is 4.60. The van der Waals surface area contributed by atoms with Gasteiger partial charge >= 0.3 is 0 Å². The molecule has 1 aliphatic rings. The van der Waals surface area contributed by atoms with E-state index in [4.69, 9.17) is 4.98 Å². The van der Waals surface area contributed by atoms with Gasteiger partial charge in [-0.15, -0.1) is 0 Å². The van der Waals surface area contributed by atoms with Gasteiger partial charge in [-0.2, -0.15) is 0 Å². The van der Waals surface area contributed by atoms with Crippen LogP contribution in [0.3, 0.4) is 0 Å². The molecule has 1 N–H and O–H groups in total. The van der Waals surface area contributed by atoms with E-state index in [-0.39, 0.29) is 11.8 Å². The number of hydrogen-bond donors (Lipinski definition) is 1. The van der Waals surface area contributed by atoms with E-state index in [1.807, 2.05) is 70.3 Å². The maximum atomic E-state index is 13.0. The summed E-state index contributed by atoms with van der Waals surface area (Å²) < 4.78 is 1.93. The van der Waals surface area contributed by atoms with Crippen LogP contribution in [0.1, 0.15) is 24.6 Å². The number of rotatable bonds is 4. The number of aromatic amines is 1. The highest BCUT2D eigenvalue weighted by atomic mass is 16.2. The number of hydrogen-bond acceptors (Lipinski definition) is 3. The molecule has 6 heteroatoms. The molecule has 29 heavy (non-hydrogen) atoms. The molecule has 0 saturated carbocycles. The summed E-state index contributed by atoms with van der Waals surface area (Å²) in [6.07, 6.45) is 5.66. The molecule has 2 aromatic heterocycles. The van der Waals surface area contributed by atoms with Crippen LogP contribution >= 0.6 is 0 Å². The van der Waals surface area contributed by atoms with Gasteiger partial charge in [0.2, 0.25) is 5.91 Å². The number of carbonyl (C=O) groups is 1. The summed E-state index contributed by atoms with van der Waals surface area (Å²) in [6, 6.07) is 18.1. The third-order valence-electron chi connectivity index (χ3n) is 5.62. The molecule has 0 unspecified atom stereocenters.